The number of rotatable bonds is 4. The van der Waals surface area contributed by atoms with Crippen molar-refractivity contribution in [3.05, 3.63) is 30.1 Å². The van der Waals surface area contributed by atoms with Gasteiger partial charge in [-0.3, -0.25) is 14.7 Å². The third-order valence-corrected chi connectivity index (χ3v) is 3.57. The van der Waals surface area contributed by atoms with E-state index in [4.69, 9.17) is 0 Å². The summed E-state index contributed by atoms with van der Waals surface area (Å²) in [4.78, 5) is 17.9. The highest BCUT2D eigenvalue weighted by molar-refractivity contribution is 5.74. The molecule has 1 N–H and O–H groups in total. The third-order valence-electron chi connectivity index (χ3n) is 3.57. The quantitative estimate of drug-likeness (QED) is 0.888. The molecule has 98 valence electrons. The monoisotopic (exact) mass is 248 g/mol. The predicted octanol–water partition coefficient (Wildman–Crippen LogP) is 2.33. The summed E-state index contributed by atoms with van der Waals surface area (Å²) in [5.41, 5.74) is 0.988. The molecular formula is C14H20N2O2. The third kappa shape index (κ3) is 2.53. The maximum Gasteiger partial charge on any atom is 0.321 e. The molecule has 4 nitrogen and oxygen atoms in total. The minimum absolute atomic E-state index is 0.104. The van der Waals surface area contributed by atoms with Crippen LogP contribution in [0.3, 0.4) is 0 Å². The first-order chi connectivity index (χ1) is 8.61. The van der Waals surface area contributed by atoms with Gasteiger partial charge in [-0.25, -0.2) is 0 Å². The van der Waals surface area contributed by atoms with Crippen molar-refractivity contribution in [3.63, 3.8) is 0 Å². The lowest BCUT2D eigenvalue weighted by molar-refractivity contribution is -0.145. The van der Waals surface area contributed by atoms with Gasteiger partial charge in [0.05, 0.1) is 11.7 Å². The van der Waals surface area contributed by atoms with Gasteiger partial charge in [-0.15, -0.1) is 0 Å². The van der Waals surface area contributed by atoms with Gasteiger partial charge < -0.3 is 5.11 Å². The fourth-order valence-electron chi connectivity index (χ4n) is 2.82. The number of carboxylic acids is 1. The number of hydrogen-bond acceptors (Lipinski definition) is 3. The Morgan fingerprint density at radius 2 is 2.28 bits per heavy atom. The van der Waals surface area contributed by atoms with Crippen molar-refractivity contribution in [3.8, 4) is 0 Å². The number of carboxylic acid groups (broad SMARTS) is 1. The largest absolute Gasteiger partial charge is 0.480 e. The lowest BCUT2D eigenvalue weighted by Crippen LogP contribution is -2.44. The molecule has 18 heavy (non-hydrogen) atoms. The molecule has 0 bridgehead atoms. The van der Waals surface area contributed by atoms with Crippen molar-refractivity contribution in [2.45, 2.75) is 38.8 Å². The fraction of sp³-hybridized carbons (Fsp3) is 0.571. The summed E-state index contributed by atoms with van der Waals surface area (Å²) >= 11 is 0. The van der Waals surface area contributed by atoms with E-state index in [1.807, 2.05) is 32.0 Å². The topological polar surface area (TPSA) is 53.4 Å². The molecule has 0 amide bonds. The van der Waals surface area contributed by atoms with E-state index in [2.05, 4.69) is 9.88 Å². The molecule has 1 aromatic heterocycles. The predicted molar refractivity (Wildman–Crippen MR) is 69.2 cm³/mol. The van der Waals surface area contributed by atoms with E-state index in [0.717, 1.165) is 25.1 Å². The Bertz CT molecular complexity index is 406. The van der Waals surface area contributed by atoms with Crippen molar-refractivity contribution < 1.29 is 9.90 Å². The second-order valence-corrected chi connectivity index (χ2v) is 5.18. The van der Waals surface area contributed by atoms with Gasteiger partial charge >= 0.3 is 5.97 Å². The lowest BCUT2D eigenvalue weighted by atomic mass is 10.0. The number of pyridine rings is 1. The molecule has 1 aromatic rings. The zero-order valence-corrected chi connectivity index (χ0v) is 10.9. The molecule has 2 rings (SSSR count). The Morgan fingerprint density at radius 1 is 1.50 bits per heavy atom. The second-order valence-electron chi connectivity index (χ2n) is 5.18. The molecule has 0 saturated carbocycles. The normalized spacial score (nSPS) is 22.3. The van der Waals surface area contributed by atoms with E-state index in [0.29, 0.717) is 0 Å². The van der Waals surface area contributed by atoms with Gasteiger partial charge in [0.25, 0.3) is 0 Å². The minimum Gasteiger partial charge on any atom is -0.480 e. The number of nitrogens with zero attached hydrogens (tertiary/aromatic N) is 2. The van der Waals surface area contributed by atoms with Crippen molar-refractivity contribution in [2.24, 2.45) is 5.92 Å². The number of aliphatic carboxylic acids is 1. The molecule has 2 heterocycles. The standard InChI is InChI=1S/C14H20N2O2/c1-10(2)13(14(17)18)16-9-5-7-12(16)11-6-3-4-8-15-11/h3-4,6,8,10,12-13H,5,7,9H2,1-2H3,(H,17,18)/t12-,13+/m1/s1. The Morgan fingerprint density at radius 3 is 2.83 bits per heavy atom. The van der Waals surface area contributed by atoms with Crippen LogP contribution in [0, 0.1) is 5.92 Å². The van der Waals surface area contributed by atoms with Gasteiger partial charge in [0.1, 0.15) is 6.04 Å². The van der Waals surface area contributed by atoms with Crippen LogP contribution in [0.4, 0.5) is 0 Å². The average Bonchev–Trinajstić information content (AvgIpc) is 2.78. The van der Waals surface area contributed by atoms with Crippen molar-refractivity contribution in [1.29, 1.82) is 0 Å². The molecule has 1 aliphatic rings. The van der Waals surface area contributed by atoms with Crippen molar-refractivity contribution in [1.82, 2.24) is 9.88 Å². The van der Waals surface area contributed by atoms with Gasteiger partial charge in [0, 0.05) is 6.20 Å². The first-order valence-corrected chi connectivity index (χ1v) is 6.50. The highest BCUT2D eigenvalue weighted by atomic mass is 16.4. The fourth-order valence-corrected chi connectivity index (χ4v) is 2.82. The highest BCUT2D eigenvalue weighted by Crippen LogP contribution is 2.34. The second kappa shape index (κ2) is 5.48. The van der Waals surface area contributed by atoms with Crippen molar-refractivity contribution in [2.75, 3.05) is 6.54 Å². The smallest absolute Gasteiger partial charge is 0.321 e. The summed E-state index contributed by atoms with van der Waals surface area (Å²) in [6.07, 6.45) is 3.81. The molecule has 0 aliphatic carbocycles. The van der Waals surface area contributed by atoms with E-state index in [1.165, 1.54) is 0 Å². The molecule has 4 heteroatoms. The first-order valence-electron chi connectivity index (χ1n) is 6.50. The summed E-state index contributed by atoms with van der Waals surface area (Å²) in [6, 6.07) is 5.57. The molecule has 1 fully saturated rings. The maximum atomic E-state index is 11.4. The summed E-state index contributed by atoms with van der Waals surface area (Å²) in [6.45, 7) is 4.77. The summed E-state index contributed by atoms with van der Waals surface area (Å²) < 4.78 is 0. The highest BCUT2D eigenvalue weighted by Gasteiger charge is 2.37. The molecule has 1 aliphatic heterocycles. The average molecular weight is 248 g/mol. The van der Waals surface area contributed by atoms with Crippen molar-refractivity contribution >= 4 is 5.97 Å². The molecule has 0 aromatic carbocycles. The first kappa shape index (κ1) is 13.0. The van der Waals surface area contributed by atoms with Gasteiger partial charge in [0.2, 0.25) is 0 Å². The van der Waals surface area contributed by atoms with E-state index in [-0.39, 0.29) is 12.0 Å². The number of carbonyl (C=O) groups is 1. The van der Waals surface area contributed by atoms with Crippen LogP contribution in [0.5, 0.6) is 0 Å². The maximum absolute atomic E-state index is 11.4. The van der Waals surface area contributed by atoms with Gasteiger partial charge in [-0.05, 0) is 37.4 Å². The summed E-state index contributed by atoms with van der Waals surface area (Å²) in [5, 5.41) is 9.41. The molecule has 2 atom stereocenters. The van der Waals surface area contributed by atoms with E-state index in [1.54, 1.807) is 6.20 Å². The molecular weight excluding hydrogens is 228 g/mol. The Kier molecular flexibility index (Phi) is 3.97. The van der Waals surface area contributed by atoms with E-state index < -0.39 is 12.0 Å². The minimum atomic E-state index is -0.729. The molecule has 0 spiro atoms. The molecule has 1 saturated heterocycles. The number of likely N-dealkylation sites (tertiary alicyclic amines) is 1. The van der Waals surface area contributed by atoms with Gasteiger partial charge in [-0.2, -0.15) is 0 Å². The van der Waals surface area contributed by atoms with Crippen LogP contribution in [0.15, 0.2) is 24.4 Å². The van der Waals surface area contributed by atoms with Crippen LogP contribution in [0.25, 0.3) is 0 Å². The Balaban J connectivity index is 2.24. The zero-order chi connectivity index (χ0) is 13.1. The Labute approximate surface area is 108 Å². The summed E-state index contributed by atoms with van der Waals surface area (Å²) in [5.74, 6) is -0.625. The van der Waals surface area contributed by atoms with Crippen LogP contribution in [-0.4, -0.2) is 33.5 Å². The summed E-state index contributed by atoms with van der Waals surface area (Å²) in [7, 11) is 0. The zero-order valence-electron chi connectivity index (χ0n) is 10.9. The van der Waals surface area contributed by atoms with Crippen LogP contribution >= 0.6 is 0 Å². The molecule has 0 radical (unpaired) electrons. The number of hydrogen-bond donors (Lipinski definition) is 1. The van der Waals surface area contributed by atoms with Crippen LogP contribution < -0.4 is 0 Å². The Hall–Kier alpha value is -1.42. The van der Waals surface area contributed by atoms with Crippen LogP contribution in [-0.2, 0) is 4.79 Å². The van der Waals surface area contributed by atoms with Crippen LogP contribution in [0.2, 0.25) is 0 Å². The SMILES string of the molecule is CC(C)[C@@H](C(=O)O)N1CCC[C@@H]1c1ccccn1. The van der Waals surface area contributed by atoms with Gasteiger partial charge in [0.15, 0.2) is 0 Å². The number of aromatic nitrogens is 1. The van der Waals surface area contributed by atoms with Gasteiger partial charge in [-0.1, -0.05) is 19.9 Å². The molecule has 0 unspecified atom stereocenters. The lowest BCUT2D eigenvalue weighted by Gasteiger charge is -2.32. The van der Waals surface area contributed by atoms with Crippen LogP contribution in [0.1, 0.15) is 38.4 Å². The van der Waals surface area contributed by atoms with E-state index >= 15 is 0 Å². The van der Waals surface area contributed by atoms with E-state index in [9.17, 15) is 9.90 Å².